The van der Waals surface area contributed by atoms with Crippen molar-refractivity contribution in [3.63, 3.8) is 0 Å². The van der Waals surface area contributed by atoms with Crippen molar-refractivity contribution in [3.8, 4) is 0 Å². The molecule has 3 heteroatoms. The van der Waals surface area contributed by atoms with Crippen LogP contribution < -0.4 is 5.32 Å². The lowest BCUT2D eigenvalue weighted by Gasteiger charge is -2.33. The van der Waals surface area contributed by atoms with Gasteiger partial charge in [0.25, 0.3) is 5.91 Å². The standard InChI is InChI=1S/C22H36N2O/c1-17-8-7-13-24(14-17)15-18-9-11-19(12-10-18)20(25)23-22(5,6)16-21(2,3)4/h9-12,17H,7-8,13-16H2,1-6H3,(H,23,25). The van der Waals surface area contributed by atoms with E-state index in [0.717, 1.165) is 24.4 Å². The number of piperidine rings is 1. The Morgan fingerprint density at radius 3 is 2.36 bits per heavy atom. The van der Waals surface area contributed by atoms with Crippen molar-refractivity contribution in [2.75, 3.05) is 13.1 Å². The van der Waals surface area contributed by atoms with Crippen molar-refractivity contribution < 1.29 is 4.79 Å². The zero-order valence-electron chi connectivity index (χ0n) is 17.0. The molecule has 140 valence electrons. The van der Waals surface area contributed by atoms with Crippen LogP contribution in [0.1, 0.15) is 76.7 Å². The molecule has 1 heterocycles. The van der Waals surface area contributed by atoms with E-state index >= 15 is 0 Å². The lowest BCUT2D eigenvalue weighted by atomic mass is 9.81. The van der Waals surface area contributed by atoms with Gasteiger partial charge in [-0.1, -0.05) is 39.8 Å². The minimum Gasteiger partial charge on any atom is -0.347 e. The Hall–Kier alpha value is -1.35. The van der Waals surface area contributed by atoms with Crippen molar-refractivity contribution in [3.05, 3.63) is 35.4 Å². The summed E-state index contributed by atoms with van der Waals surface area (Å²) in [5.41, 5.74) is 2.02. The van der Waals surface area contributed by atoms with Gasteiger partial charge in [0.05, 0.1) is 0 Å². The first-order chi connectivity index (χ1) is 11.5. The summed E-state index contributed by atoms with van der Waals surface area (Å²) in [4.78, 5) is 15.1. The van der Waals surface area contributed by atoms with Crippen LogP contribution in [0.4, 0.5) is 0 Å². The van der Waals surface area contributed by atoms with Gasteiger partial charge in [-0.3, -0.25) is 9.69 Å². The minimum atomic E-state index is -0.210. The number of benzene rings is 1. The third-order valence-corrected chi connectivity index (χ3v) is 4.79. The Kier molecular flexibility index (Phi) is 6.31. The molecule has 1 N–H and O–H groups in total. The molecule has 0 saturated carbocycles. The lowest BCUT2D eigenvalue weighted by Crippen LogP contribution is -2.45. The second-order valence-electron chi connectivity index (χ2n) is 9.75. The highest BCUT2D eigenvalue weighted by molar-refractivity contribution is 5.94. The number of rotatable bonds is 5. The molecule has 1 aliphatic rings. The quantitative estimate of drug-likeness (QED) is 0.827. The van der Waals surface area contributed by atoms with Gasteiger partial charge in [0.2, 0.25) is 0 Å². The molecule has 1 amide bonds. The molecule has 1 aliphatic heterocycles. The van der Waals surface area contributed by atoms with E-state index in [1.54, 1.807) is 0 Å². The molecular formula is C22H36N2O. The molecule has 0 spiro atoms. The first-order valence-electron chi connectivity index (χ1n) is 9.68. The summed E-state index contributed by atoms with van der Waals surface area (Å²) >= 11 is 0. The fraction of sp³-hybridized carbons (Fsp3) is 0.682. The molecule has 0 aromatic heterocycles. The van der Waals surface area contributed by atoms with Crippen LogP contribution >= 0.6 is 0 Å². The minimum absolute atomic E-state index is 0.0207. The van der Waals surface area contributed by atoms with Crippen LogP contribution in [0.25, 0.3) is 0 Å². The molecule has 1 aromatic rings. The molecule has 1 fully saturated rings. The van der Waals surface area contributed by atoms with E-state index in [1.807, 2.05) is 12.1 Å². The Morgan fingerprint density at radius 1 is 1.16 bits per heavy atom. The second-order valence-corrected chi connectivity index (χ2v) is 9.75. The average molecular weight is 345 g/mol. The van der Waals surface area contributed by atoms with Crippen LogP contribution in [0.3, 0.4) is 0 Å². The van der Waals surface area contributed by atoms with Gasteiger partial charge in [-0.25, -0.2) is 0 Å². The molecule has 1 unspecified atom stereocenters. The van der Waals surface area contributed by atoms with Crippen molar-refractivity contribution in [1.29, 1.82) is 0 Å². The first-order valence-corrected chi connectivity index (χ1v) is 9.68. The number of amides is 1. The first kappa shape index (κ1) is 20.0. The predicted molar refractivity (Wildman–Crippen MR) is 106 cm³/mol. The Balaban J connectivity index is 1.93. The zero-order valence-corrected chi connectivity index (χ0v) is 17.0. The van der Waals surface area contributed by atoms with Gasteiger partial charge in [0, 0.05) is 24.2 Å². The Bertz CT molecular complexity index is 569. The third-order valence-electron chi connectivity index (χ3n) is 4.79. The van der Waals surface area contributed by atoms with E-state index in [-0.39, 0.29) is 16.9 Å². The van der Waals surface area contributed by atoms with Crippen molar-refractivity contribution in [2.45, 2.75) is 72.9 Å². The molecular weight excluding hydrogens is 308 g/mol. The van der Waals surface area contributed by atoms with Crippen molar-refractivity contribution in [1.82, 2.24) is 10.2 Å². The van der Waals surface area contributed by atoms with Gasteiger partial charge in [0.15, 0.2) is 0 Å². The Labute approximate surface area is 154 Å². The third kappa shape index (κ3) is 6.81. The van der Waals surface area contributed by atoms with Gasteiger partial charge < -0.3 is 5.32 Å². The highest BCUT2D eigenvalue weighted by atomic mass is 16.1. The zero-order chi connectivity index (χ0) is 18.7. The number of hydrogen-bond donors (Lipinski definition) is 1. The number of carbonyl (C=O) groups is 1. The highest BCUT2D eigenvalue weighted by Gasteiger charge is 2.27. The number of nitrogens with one attached hydrogen (secondary N) is 1. The topological polar surface area (TPSA) is 32.3 Å². The largest absolute Gasteiger partial charge is 0.347 e. The second kappa shape index (κ2) is 7.90. The summed E-state index contributed by atoms with van der Waals surface area (Å²) in [6.07, 6.45) is 3.58. The highest BCUT2D eigenvalue weighted by Crippen LogP contribution is 2.27. The molecule has 25 heavy (non-hydrogen) atoms. The number of carbonyl (C=O) groups excluding carboxylic acids is 1. The molecule has 0 bridgehead atoms. The SMILES string of the molecule is CC1CCCN(Cc2ccc(C(=O)NC(C)(C)CC(C)(C)C)cc2)C1. The van der Waals surface area contributed by atoms with E-state index in [1.165, 1.54) is 31.5 Å². The number of hydrogen-bond acceptors (Lipinski definition) is 2. The van der Waals surface area contributed by atoms with Crippen LogP contribution in [0, 0.1) is 11.3 Å². The van der Waals surface area contributed by atoms with Crippen LogP contribution in [0.5, 0.6) is 0 Å². The smallest absolute Gasteiger partial charge is 0.251 e. The molecule has 0 radical (unpaired) electrons. The maximum absolute atomic E-state index is 12.6. The monoisotopic (exact) mass is 344 g/mol. The molecule has 0 aliphatic carbocycles. The van der Waals surface area contributed by atoms with Gasteiger partial charge >= 0.3 is 0 Å². The van der Waals surface area contributed by atoms with E-state index in [9.17, 15) is 4.79 Å². The predicted octanol–water partition coefficient (Wildman–Crippen LogP) is 4.86. The molecule has 1 saturated heterocycles. The molecule has 3 nitrogen and oxygen atoms in total. The van der Waals surface area contributed by atoms with E-state index in [2.05, 4.69) is 63.9 Å². The van der Waals surface area contributed by atoms with Crippen LogP contribution in [-0.2, 0) is 6.54 Å². The lowest BCUT2D eigenvalue weighted by molar-refractivity contribution is 0.0891. The van der Waals surface area contributed by atoms with Crippen LogP contribution in [-0.4, -0.2) is 29.4 Å². The van der Waals surface area contributed by atoms with E-state index < -0.39 is 0 Å². The fourth-order valence-electron chi connectivity index (χ4n) is 4.20. The maximum atomic E-state index is 12.6. The van der Waals surface area contributed by atoms with Gasteiger partial charge in [-0.2, -0.15) is 0 Å². The number of likely N-dealkylation sites (tertiary alicyclic amines) is 1. The van der Waals surface area contributed by atoms with Crippen molar-refractivity contribution in [2.24, 2.45) is 11.3 Å². The summed E-state index contributed by atoms with van der Waals surface area (Å²) in [5.74, 6) is 0.816. The normalized spacial score (nSPS) is 19.7. The fourth-order valence-corrected chi connectivity index (χ4v) is 4.20. The number of nitrogens with zero attached hydrogens (tertiary/aromatic N) is 1. The van der Waals surface area contributed by atoms with Gasteiger partial charge in [0.1, 0.15) is 0 Å². The Morgan fingerprint density at radius 2 is 1.80 bits per heavy atom. The summed E-state index contributed by atoms with van der Waals surface area (Å²) in [7, 11) is 0. The summed E-state index contributed by atoms with van der Waals surface area (Å²) in [5, 5.41) is 3.19. The summed E-state index contributed by atoms with van der Waals surface area (Å²) in [6, 6.07) is 8.13. The summed E-state index contributed by atoms with van der Waals surface area (Å²) in [6.45, 7) is 16.5. The van der Waals surface area contributed by atoms with E-state index in [4.69, 9.17) is 0 Å². The molecule has 1 aromatic carbocycles. The van der Waals surface area contributed by atoms with Crippen LogP contribution in [0.15, 0.2) is 24.3 Å². The van der Waals surface area contributed by atoms with Gasteiger partial charge in [-0.15, -0.1) is 0 Å². The van der Waals surface area contributed by atoms with Gasteiger partial charge in [-0.05, 0) is 68.7 Å². The molecule has 2 rings (SSSR count). The van der Waals surface area contributed by atoms with Crippen molar-refractivity contribution >= 4 is 5.91 Å². The molecule has 1 atom stereocenters. The van der Waals surface area contributed by atoms with E-state index in [0.29, 0.717) is 0 Å². The summed E-state index contributed by atoms with van der Waals surface area (Å²) < 4.78 is 0. The average Bonchev–Trinajstić information content (AvgIpc) is 2.44. The maximum Gasteiger partial charge on any atom is 0.251 e. The van der Waals surface area contributed by atoms with Crippen LogP contribution in [0.2, 0.25) is 0 Å².